The average Bonchev–Trinajstić information content (AvgIpc) is 3.28. The van der Waals surface area contributed by atoms with Crippen LogP contribution in [0.5, 0.6) is 5.75 Å². The van der Waals surface area contributed by atoms with Gasteiger partial charge in [-0.05, 0) is 80.4 Å². The lowest BCUT2D eigenvalue weighted by Gasteiger charge is -2.23. The van der Waals surface area contributed by atoms with Gasteiger partial charge in [0.05, 0.1) is 18.7 Å². The summed E-state index contributed by atoms with van der Waals surface area (Å²) in [6, 6.07) is 13.4. The number of aliphatic carboxylic acids is 1. The van der Waals surface area contributed by atoms with E-state index in [-0.39, 0.29) is 18.6 Å². The van der Waals surface area contributed by atoms with Crippen molar-refractivity contribution < 1.29 is 32.7 Å². The van der Waals surface area contributed by atoms with Gasteiger partial charge < -0.3 is 23.6 Å². The van der Waals surface area contributed by atoms with E-state index in [9.17, 15) is 18.8 Å². The molecule has 4 rings (SSSR count). The molecule has 4 aromatic rings. The zero-order chi connectivity index (χ0) is 28.2. The summed E-state index contributed by atoms with van der Waals surface area (Å²) in [6.45, 7) is 6.45. The summed E-state index contributed by atoms with van der Waals surface area (Å²) in [6.07, 6.45) is 1.34. The number of benzene rings is 2. The van der Waals surface area contributed by atoms with Crippen molar-refractivity contribution in [3.05, 3.63) is 83.1 Å². The smallest absolute Gasteiger partial charge is 0.307 e. The van der Waals surface area contributed by atoms with E-state index in [1.807, 2.05) is 51.1 Å². The lowest BCUT2D eigenvalue weighted by molar-refractivity contribution is -0.136. The Hall–Kier alpha value is -3.44. The summed E-state index contributed by atoms with van der Waals surface area (Å²) in [4.78, 5) is 15.7. The van der Waals surface area contributed by atoms with Crippen molar-refractivity contribution in [2.75, 3.05) is 7.11 Å². The van der Waals surface area contributed by atoms with Crippen LogP contribution in [0.3, 0.4) is 0 Å². The highest BCUT2D eigenvalue weighted by molar-refractivity contribution is 7.90. The molecule has 39 heavy (non-hydrogen) atoms. The number of carbonyl (C=O) groups is 1. The third kappa shape index (κ3) is 7.36. The van der Waals surface area contributed by atoms with Gasteiger partial charge in [-0.1, -0.05) is 0 Å². The second kappa shape index (κ2) is 12.2. The molecule has 0 bridgehead atoms. The zero-order valence-corrected chi connectivity index (χ0v) is 23.1. The van der Waals surface area contributed by atoms with Crippen LogP contribution < -0.4 is 9.46 Å². The van der Waals surface area contributed by atoms with E-state index in [1.165, 1.54) is 18.2 Å². The minimum atomic E-state index is -1.24. The molecule has 8 nitrogen and oxygen atoms in total. The van der Waals surface area contributed by atoms with Crippen molar-refractivity contribution >= 4 is 28.3 Å². The van der Waals surface area contributed by atoms with E-state index >= 15 is 0 Å². The number of fused-ring (bicyclic) bond motifs is 1. The highest BCUT2D eigenvalue weighted by Crippen LogP contribution is 2.34. The van der Waals surface area contributed by atoms with E-state index in [4.69, 9.17) is 13.9 Å². The summed E-state index contributed by atoms with van der Waals surface area (Å²) < 4.78 is 46.1. The van der Waals surface area contributed by atoms with Crippen molar-refractivity contribution in [2.24, 2.45) is 0 Å². The number of ether oxygens (including phenoxy) is 2. The number of furan rings is 1. The van der Waals surface area contributed by atoms with E-state index in [1.54, 1.807) is 13.3 Å². The quantitative estimate of drug-likeness (QED) is 0.232. The maximum Gasteiger partial charge on any atom is 0.307 e. The summed E-state index contributed by atoms with van der Waals surface area (Å²) in [7, 11) is 1.59. The minimum absolute atomic E-state index is 0.121. The molecule has 2 heterocycles. The number of hydrogen-bond donors (Lipinski definition) is 2. The molecule has 206 valence electrons. The predicted octanol–water partition coefficient (Wildman–Crippen LogP) is 5.54. The Morgan fingerprint density at radius 2 is 1.95 bits per heavy atom. The Bertz CT molecular complexity index is 1470. The molecule has 2 aromatic heterocycles. The second-order valence-electron chi connectivity index (χ2n) is 10.1. The molecule has 0 amide bonds. The summed E-state index contributed by atoms with van der Waals surface area (Å²) >= 11 is -1.24. The first-order valence-corrected chi connectivity index (χ1v) is 13.5. The van der Waals surface area contributed by atoms with Gasteiger partial charge in [0.1, 0.15) is 40.9 Å². The Morgan fingerprint density at radius 3 is 2.67 bits per heavy atom. The molecule has 0 radical (unpaired) electrons. The van der Waals surface area contributed by atoms with Crippen molar-refractivity contribution in [3.8, 4) is 16.9 Å². The average molecular weight is 555 g/mol. The largest absolute Gasteiger partial charge is 0.598 e. The SMILES string of the molecule is COCc1cc2cc(COc3ccc(F)cc3CC(=O)O)cc(-c3ccnc(CN[S@@+]([O-])C(C)(C)C)c3)c2o1. The topological polar surface area (TPSA) is 117 Å². The fourth-order valence-corrected chi connectivity index (χ4v) is 4.74. The molecule has 10 heteroatoms. The van der Waals surface area contributed by atoms with Crippen LogP contribution in [0.1, 0.15) is 43.4 Å². The minimum Gasteiger partial charge on any atom is -0.598 e. The first-order chi connectivity index (χ1) is 18.5. The van der Waals surface area contributed by atoms with Crippen molar-refractivity contribution in [1.82, 2.24) is 9.71 Å². The van der Waals surface area contributed by atoms with Crippen LogP contribution in [0.15, 0.2) is 59.1 Å². The molecule has 2 N–H and O–H groups in total. The van der Waals surface area contributed by atoms with Crippen molar-refractivity contribution in [1.29, 1.82) is 0 Å². The second-order valence-corrected chi connectivity index (χ2v) is 12.1. The van der Waals surface area contributed by atoms with Gasteiger partial charge in [0, 0.05) is 41.2 Å². The third-order valence-electron chi connectivity index (χ3n) is 5.84. The number of nitrogens with one attached hydrogen (secondary N) is 1. The molecule has 0 aliphatic rings. The van der Waals surface area contributed by atoms with Gasteiger partial charge >= 0.3 is 5.97 Å². The molecule has 2 aromatic carbocycles. The van der Waals surface area contributed by atoms with Crippen LogP contribution in [0.4, 0.5) is 4.39 Å². The number of methoxy groups -OCH3 is 1. The van der Waals surface area contributed by atoms with Gasteiger partial charge in [-0.3, -0.25) is 9.78 Å². The van der Waals surface area contributed by atoms with Gasteiger partial charge in [0.15, 0.2) is 0 Å². The number of halogens is 1. The first kappa shape index (κ1) is 28.6. The maximum absolute atomic E-state index is 13.7. The van der Waals surface area contributed by atoms with Gasteiger partial charge in [0.25, 0.3) is 0 Å². The van der Waals surface area contributed by atoms with Gasteiger partial charge in [-0.25, -0.2) is 4.39 Å². The van der Waals surface area contributed by atoms with Crippen molar-refractivity contribution in [2.45, 2.75) is 51.7 Å². The number of carboxylic acid groups (broad SMARTS) is 1. The van der Waals surface area contributed by atoms with Crippen LogP contribution in [0, 0.1) is 5.82 Å². The van der Waals surface area contributed by atoms with Crippen molar-refractivity contribution in [3.63, 3.8) is 0 Å². The van der Waals surface area contributed by atoms with Gasteiger partial charge in [-0.15, -0.1) is 4.72 Å². The van der Waals surface area contributed by atoms with Gasteiger partial charge in [0.2, 0.25) is 0 Å². The number of aromatic nitrogens is 1. The van der Waals surface area contributed by atoms with Crippen LogP contribution in [-0.2, 0) is 47.1 Å². The normalized spacial score (nSPS) is 12.6. The van der Waals surface area contributed by atoms with E-state index < -0.39 is 27.9 Å². The number of nitrogens with zero attached hydrogens (tertiary/aromatic N) is 1. The molecule has 0 aliphatic carbocycles. The lowest BCUT2D eigenvalue weighted by atomic mass is 10.0. The maximum atomic E-state index is 13.7. The fraction of sp³-hybridized carbons (Fsp3) is 0.310. The highest BCUT2D eigenvalue weighted by Gasteiger charge is 2.26. The molecule has 0 saturated heterocycles. The van der Waals surface area contributed by atoms with E-state index in [0.29, 0.717) is 35.9 Å². The summed E-state index contributed by atoms with van der Waals surface area (Å²) in [5.41, 5.74) is 4.10. The first-order valence-electron chi connectivity index (χ1n) is 12.3. The van der Waals surface area contributed by atoms with Crippen LogP contribution >= 0.6 is 0 Å². The molecule has 1 atom stereocenters. The molecule has 0 saturated carbocycles. The van der Waals surface area contributed by atoms with Crippen LogP contribution in [0.25, 0.3) is 22.1 Å². The van der Waals surface area contributed by atoms with E-state index in [0.717, 1.165) is 22.1 Å². The highest BCUT2D eigenvalue weighted by atomic mass is 32.2. The van der Waals surface area contributed by atoms with E-state index in [2.05, 4.69) is 9.71 Å². The zero-order valence-electron chi connectivity index (χ0n) is 22.2. The molecular formula is C29H31FN2O6S. The third-order valence-corrected chi connectivity index (χ3v) is 7.36. The Balaban J connectivity index is 1.66. The molecule has 0 aliphatic heterocycles. The Labute approximate surface area is 229 Å². The Morgan fingerprint density at radius 1 is 1.15 bits per heavy atom. The number of pyridine rings is 1. The van der Waals surface area contributed by atoms with Gasteiger partial charge in [-0.2, -0.15) is 0 Å². The van der Waals surface area contributed by atoms with Crippen LogP contribution in [0.2, 0.25) is 0 Å². The molecule has 0 fully saturated rings. The van der Waals surface area contributed by atoms with Crippen LogP contribution in [-0.4, -0.2) is 32.5 Å². The molecule has 0 spiro atoms. The summed E-state index contributed by atoms with van der Waals surface area (Å²) in [5, 5.41) is 10.0. The predicted molar refractivity (Wildman–Crippen MR) is 147 cm³/mol. The monoisotopic (exact) mass is 554 g/mol. The lowest BCUT2D eigenvalue weighted by Crippen LogP contribution is -2.39. The fourth-order valence-electron chi connectivity index (χ4n) is 4.03. The number of rotatable bonds is 11. The summed E-state index contributed by atoms with van der Waals surface area (Å²) in [5.74, 6) is -0.643. The molecule has 0 unspecified atom stereocenters. The Kier molecular flexibility index (Phi) is 8.91. The molecular weight excluding hydrogens is 523 g/mol. The standard InChI is InChI=1S/C29H31FN2O6S/c1-29(2,3)39(35)32-15-23-12-19(7-8-31-23)25-10-18(9-21-13-24(17-36-4)38-28(21)25)16-37-26-6-5-22(30)11-20(26)14-27(33)34/h5-13,32H,14-17H2,1-4H3,(H,33,34)/t39-/m0/s1. The number of carboxylic acids is 1. The number of hydrogen-bond acceptors (Lipinski definition) is 7.